The van der Waals surface area contributed by atoms with Crippen LogP contribution in [0.15, 0.2) is 23.1 Å². The van der Waals surface area contributed by atoms with E-state index in [1.807, 2.05) is 0 Å². The smallest absolute Gasteiger partial charge is 0.341 e. The van der Waals surface area contributed by atoms with Crippen molar-refractivity contribution in [2.75, 3.05) is 13.2 Å². The molecule has 16 heavy (non-hydrogen) atoms. The molecule has 0 N–H and O–H groups in total. The third-order valence-electron chi connectivity index (χ3n) is 2.33. The van der Waals surface area contributed by atoms with Gasteiger partial charge in [0.25, 0.3) is 0 Å². The van der Waals surface area contributed by atoms with E-state index in [1.165, 1.54) is 18.2 Å². The van der Waals surface area contributed by atoms with Crippen LogP contribution >= 0.6 is 12.6 Å². The van der Waals surface area contributed by atoms with Crippen LogP contribution in [0, 0.1) is 5.82 Å². The summed E-state index contributed by atoms with van der Waals surface area (Å²) in [6, 6.07) is 4.04. The van der Waals surface area contributed by atoms with E-state index in [0.717, 1.165) is 0 Å². The maximum absolute atomic E-state index is 13.3. The summed E-state index contributed by atoms with van der Waals surface area (Å²) < 4.78 is 23.5. The van der Waals surface area contributed by atoms with Gasteiger partial charge in [0.2, 0.25) is 0 Å². The highest BCUT2D eigenvalue weighted by Crippen LogP contribution is 2.17. The van der Waals surface area contributed by atoms with Gasteiger partial charge in [-0.1, -0.05) is 0 Å². The Morgan fingerprint density at radius 3 is 3.06 bits per heavy atom. The number of halogens is 1. The number of esters is 1. The SMILES string of the molecule is O=C(OC1CCOC1)c1cc(S)ccc1F. The first-order valence-corrected chi connectivity index (χ1v) is 5.39. The number of ether oxygens (including phenoxy) is 2. The Hall–Kier alpha value is -1.07. The summed E-state index contributed by atoms with van der Waals surface area (Å²) in [5.74, 6) is -1.26. The quantitative estimate of drug-likeness (QED) is 0.637. The number of hydrogen-bond acceptors (Lipinski definition) is 4. The van der Waals surface area contributed by atoms with E-state index >= 15 is 0 Å². The molecule has 2 rings (SSSR count). The van der Waals surface area contributed by atoms with Crippen molar-refractivity contribution in [3.05, 3.63) is 29.6 Å². The van der Waals surface area contributed by atoms with Gasteiger partial charge in [0, 0.05) is 11.3 Å². The van der Waals surface area contributed by atoms with Gasteiger partial charge in [-0.15, -0.1) is 12.6 Å². The highest BCUT2D eigenvalue weighted by Gasteiger charge is 2.22. The Morgan fingerprint density at radius 2 is 2.38 bits per heavy atom. The number of carbonyl (C=O) groups is 1. The molecule has 86 valence electrons. The van der Waals surface area contributed by atoms with Crippen LogP contribution in [-0.2, 0) is 9.47 Å². The summed E-state index contributed by atoms with van der Waals surface area (Å²) in [7, 11) is 0. The first-order chi connectivity index (χ1) is 7.66. The van der Waals surface area contributed by atoms with Gasteiger partial charge in [0.1, 0.15) is 11.9 Å². The van der Waals surface area contributed by atoms with Crippen molar-refractivity contribution in [2.24, 2.45) is 0 Å². The third kappa shape index (κ3) is 2.54. The number of hydrogen-bond donors (Lipinski definition) is 1. The van der Waals surface area contributed by atoms with Crippen molar-refractivity contribution < 1.29 is 18.7 Å². The minimum Gasteiger partial charge on any atom is -0.456 e. The second kappa shape index (κ2) is 4.84. The molecule has 1 aliphatic rings. The van der Waals surface area contributed by atoms with Crippen molar-refractivity contribution in [3.63, 3.8) is 0 Å². The highest BCUT2D eigenvalue weighted by molar-refractivity contribution is 7.80. The van der Waals surface area contributed by atoms with Gasteiger partial charge in [0.05, 0.1) is 18.8 Å². The first kappa shape index (κ1) is 11.4. The zero-order valence-corrected chi connectivity index (χ0v) is 9.38. The summed E-state index contributed by atoms with van der Waals surface area (Å²) in [5, 5.41) is 0. The number of benzene rings is 1. The van der Waals surface area contributed by atoms with Crippen LogP contribution in [0.2, 0.25) is 0 Å². The maximum atomic E-state index is 13.3. The van der Waals surface area contributed by atoms with Crippen molar-refractivity contribution >= 4 is 18.6 Å². The van der Waals surface area contributed by atoms with Crippen LogP contribution < -0.4 is 0 Å². The second-order valence-corrected chi connectivity index (χ2v) is 4.07. The van der Waals surface area contributed by atoms with Crippen LogP contribution in [-0.4, -0.2) is 25.3 Å². The molecule has 1 aliphatic heterocycles. The predicted octanol–water partition coefficient (Wildman–Crippen LogP) is 2.06. The minimum atomic E-state index is -0.663. The van der Waals surface area contributed by atoms with Crippen molar-refractivity contribution in [3.8, 4) is 0 Å². The molecule has 0 aliphatic carbocycles. The molecule has 1 atom stereocenters. The van der Waals surface area contributed by atoms with Gasteiger partial charge in [-0.2, -0.15) is 0 Å². The monoisotopic (exact) mass is 242 g/mol. The molecule has 0 amide bonds. The predicted molar refractivity (Wildman–Crippen MR) is 58.3 cm³/mol. The Morgan fingerprint density at radius 1 is 1.56 bits per heavy atom. The van der Waals surface area contributed by atoms with Crippen LogP contribution in [0.5, 0.6) is 0 Å². The molecule has 0 aromatic heterocycles. The Balaban J connectivity index is 2.10. The lowest BCUT2D eigenvalue weighted by molar-refractivity contribution is 0.0265. The van der Waals surface area contributed by atoms with Gasteiger partial charge in [0.15, 0.2) is 0 Å². The number of rotatable bonds is 2. The lowest BCUT2D eigenvalue weighted by Gasteiger charge is -2.10. The second-order valence-electron chi connectivity index (χ2n) is 3.56. The highest BCUT2D eigenvalue weighted by atomic mass is 32.1. The Labute approximate surface area is 98.0 Å². The number of thiol groups is 1. The van der Waals surface area contributed by atoms with E-state index in [-0.39, 0.29) is 11.7 Å². The van der Waals surface area contributed by atoms with Crippen LogP contribution in [0.1, 0.15) is 16.8 Å². The normalized spacial score (nSPS) is 19.8. The first-order valence-electron chi connectivity index (χ1n) is 4.94. The molecule has 1 saturated heterocycles. The molecule has 3 nitrogen and oxygen atoms in total. The van der Waals surface area contributed by atoms with Crippen LogP contribution in [0.25, 0.3) is 0 Å². The zero-order valence-electron chi connectivity index (χ0n) is 8.48. The topological polar surface area (TPSA) is 35.5 Å². The van der Waals surface area contributed by atoms with Gasteiger partial charge in [-0.05, 0) is 18.2 Å². The lowest BCUT2D eigenvalue weighted by Crippen LogP contribution is -2.19. The van der Waals surface area contributed by atoms with Crippen molar-refractivity contribution in [2.45, 2.75) is 17.4 Å². The summed E-state index contributed by atoms with van der Waals surface area (Å²) >= 11 is 4.05. The Bertz CT molecular complexity index is 402. The van der Waals surface area contributed by atoms with Crippen molar-refractivity contribution in [1.29, 1.82) is 0 Å². The van der Waals surface area contributed by atoms with E-state index in [1.54, 1.807) is 0 Å². The summed E-state index contributed by atoms with van der Waals surface area (Å²) in [6.07, 6.45) is 0.393. The van der Waals surface area contributed by atoms with Crippen LogP contribution in [0.3, 0.4) is 0 Å². The summed E-state index contributed by atoms with van der Waals surface area (Å²) in [5.41, 5.74) is -0.0839. The molecule has 1 unspecified atom stereocenters. The molecule has 1 aromatic carbocycles. The Kier molecular flexibility index (Phi) is 3.46. The standard InChI is InChI=1S/C11H11FO3S/c12-10-2-1-8(16)5-9(10)11(13)15-7-3-4-14-6-7/h1-2,5,7,16H,3-4,6H2. The molecule has 0 bridgehead atoms. The molecule has 5 heteroatoms. The van der Waals surface area contributed by atoms with Gasteiger partial charge >= 0.3 is 5.97 Å². The fourth-order valence-electron chi connectivity index (χ4n) is 1.49. The van der Waals surface area contributed by atoms with Gasteiger partial charge in [-0.3, -0.25) is 0 Å². The van der Waals surface area contributed by atoms with Crippen molar-refractivity contribution in [1.82, 2.24) is 0 Å². The molecule has 1 heterocycles. The molecule has 0 radical (unpaired) electrons. The fraction of sp³-hybridized carbons (Fsp3) is 0.364. The number of carbonyl (C=O) groups excluding carboxylic acids is 1. The average Bonchev–Trinajstić information content (AvgIpc) is 2.74. The van der Waals surface area contributed by atoms with Crippen LogP contribution in [0.4, 0.5) is 4.39 Å². The molecule has 1 fully saturated rings. The molecule has 0 saturated carbocycles. The van der Waals surface area contributed by atoms with Gasteiger partial charge in [-0.25, -0.2) is 9.18 Å². The molecule has 1 aromatic rings. The van der Waals surface area contributed by atoms with E-state index in [4.69, 9.17) is 9.47 Å². The van der Waals surface area contributed by atoms with E-state index in [2.05, 4.69) is 12.6 Å². The summed E-state index contributed by atoms with van der Waals surface area (Å²) in [4.78, 5) is 12.1. The molecular weight excluding hydrogens is 231 g/mol. The van der Waals surface area contributed by atoms with E-state index in [9.17, 15) is 9.18 Å². The van der Waals surface area contributed by atoms with Gasteiger partial charge < -0.3 is 9.47 Å². The minimum absolute atomic E-state index is 0.0839. The third-order valence-corrected chi connectivity index (χ3v) is 2.61. The summed E-state index contributed by atoms with van der Waals surface area (Å²) in [6.45, 7) is 0.959. The maximum Gasteiger partial charge on any atom is 0.341 e. The van der Waals surface area contributed by atoms with E-state index in [0.29, 0.717) is 24.5 Å². The van der Waals surface area contributed by atoms with E-state index < -0.39 is 11.8 Å². The molecular formula is C11H11FO3S. The fourth-order valence-corrected chi connectivity index (χ4v) is 1.69. The zero-order chi connectivity index (χ0) is 11.5. The average molecular weight is 242 g/mol. The lowest BCUT2D eigenvalue weighted by atomic mass is 10.2. The molecule has 0 spiro atoms. The largest absolute Gasteiger partial charge is 0.456 e.